The van der Waals surface area contributed by atoms with Crippen LogP contribution in [0.25, 0.3) is 0 Å². The monoisotopic (exact) mass is 496 g/mol. The molecular weight excluding hydrogens is 479 g/mol. The zero-order chi connectivity index (χ0) is 20.1. The molecule has 3 aliphatic rings. The molecule has 2 unspecified atom stereocenters. The van der Waals surface area contributed by atoms with Crippen LogP contribution in [0.4, 0.5) is 0 Å². The Morgan fingerprint density at radius 2 is 1.17 bits per heavy atom. The van der Waals surface area contributed by atoms with Crippen LogP contribution >= 0.6 is 22.6 Å². The Kier molecular flexibility index (Phi) is 4.42. The number of hydrogen-bond acceptors (Lipinski definition) is 3. The van der Waals surface area contributed by atoms with Crippen molar-refractivity contribution >= 4 is 34.5 Å². The summed E-state index contributed by atoms with van der Waals surface area (Å²) in [5, 5.41) is 10.1. The van der Waals surface area contributed by atoms with Crippen molar-refractivity contribution in [3.8, 4) is 5.75 Å². The largest absolute Gasteiger partial charge is 0.481 e. The molecule has 3 aliphatic carbocycles. The first-order chi connectivity index (χ1) is 14.1. The molecule has 0 aromatic heterocycles. The summed E-state index contributed by atoms with van der Waals surface area (Å²) in [5.41, 5.74) is 4.06. The highest BCUT2D eigenvalue weighted by molar-refractivity contribution is 14.1. The van der Waals surface area contributed by atoms with E-state index < -0.39 is 23.8 Å². The van der Waals surface area contributed by atoms with Crippen LogP contribution in [0.2, 0.25) is 0 Å². The van der Waals surface area contributed by atoms with Crippen LogP contribution in [-0.4, -0.2) is 17.0 Å². The van der Waals surface area contributed by atoms with Crippen LogP contribution in [0.5, 0.6) is 5.75 Å². The molecule has 3 aromatic carbocycles. The summed E-state index contributed by atoms with van der Waals surface area (Å²) in [4.78, 5) is 25.7. The summed E-state index contributed by atoms with van der Waals surface area (Å²) in [6.45, 7) is 0. The van der Waals surface area contributed by atoms with Crippen LogP contribution in [-0.2, 0) is 9.59 Å². The molecule has 3 aromatic rings. The van der Waals surface area contributed by atoms with Crippen LogP contribution in [0.3, 0.4) is 0 Å². The lowest BCUT2D eigenvalue weighted by Crippen LogP contribution is -2.48. The van der Waals surface area contributed by atoms with Crippen LogP contribution in [0.15, 0.2) is 72.8 Å². The number of halogens is 1. The molecular formula is C24H17IO4. The van der Waals surface area contributed by atoms with Gasteiger partial charge in [-0.3, -0.25) is 9.59 Å². The third-order valence-electron chi connectivity index (χ3n) is 6.03. The van der Waals surface area contributed by atoms with Crippen LogP contribution in [0, 0.1) is 15.4 Å². The number of carboxylic acids is 1. The maximum absolute atomic E-state index is 13.3. The minimum Gasteiger partial charge on any atom is -0.481 e. The molecule has 0 heterocycles. The Hall–Kier alpha value is -2.67. The van der Waals surface area contributed by atoms with E-state index in [1.54, 1.807) is 12.1 Å². The lowest BCUT2D eigenvalue weighted by Gasteiger charge is -2.47. The number of carboxylic acid groups (broad SMARTS) is 1. The normalized spacial score (nSPS) is 23.8. The van der Waals surface area contributed by atoms with Gasteiger partial charge < -0.3 is 9.84 Å². The van der Waals surface area contributed by atoms with Crippen molar-refractivity contribution in [3.63, 3.8) is 0 Å². The molecule has 0 saturated carbocycles. The van der Waals surface area contributed by atoms with E-state index in [1.165, 1.54) is 0 Å². The number of rotatable bonds is 3. The van der Waals surface area contributed by atoms with Crippen molar-refractivity contribution < 1.29 is 19.4 Å². The Balaban J connectivity index is 1.64. The number of fused-ring (bicyclic) bond motifs is 1. The zero-order valence-electron chi connectivity index (χ0n) is 15.3. The molecule has 0 spiro atoms. The fourth-order valence-electron chi connectivity index (χ4n) is 4.94. The van der Waals surface area contributed by atoms with Gasteiger partial charge in [0.1, 0.15) is 5.75 Å². The maximum atomic E-state index is 13.3. The first kappa shape index (κ1) is 18.4. The predicted octanol–water partition coefficient (Wildman–Crippen LogP) is 4.80. The highest BCUT2D eigenvalue weighted by Gasteiger charge is 2.56. The van der Waals surface area contributed by atoms with E-state index >= 15 is 0 Å². The van der Waals surface area contributed by atoms with Gasteiger partial charge in [-0.2, -0.15) is 0 Å². The van der Waals surface area contributed by atoms with E-state index in [-0.39, 0.29) is 11.8 Å². The summed E-state index contributed by atoms with van der Waals surface area (Å²) < 4.78 is 6.70. The standard InChI is InChI=1S/C24H17IO4/c25-13-9-11-14(12-10-13)29-24(28)22-20-17-7-3-1-5-15(17)19(21(22)23(26)27)16-6-2-4-8-18(16)20/h1-12,19-22H,(H,26,27). The molecule has 0 radical (unpaired) electrons. The molecule has 6 rings (SSSR count). The molecule has 1 N–H and O–H groups in total. The molecule has 0 aliphatic heterocycles. The van der Waals surface area contributed by atoms with E-state index in [1.807, 2.05) is 60.7 Å². The van der Waals surface area contributed by atoms with E-state index in [4.69, 9.17) is 4.74 Å². The van der Waals surface area contributed by atoms with Gasteiger partial charge in [0.25, 0.3) is 0 Å². The highest BCUT2D eigenvalue weighted by atomic mass is 127. The average molecular weight is 496 g/mol. The van der Waals surface area contributed by atoms with E-state index in [0.29, 0.717) is 5.75 Å². The van der Waals surface area contributed by atoms with Gasteiger partial charge in [0, 0.05) is 15.4 Å². The maximum Gasteiger partial charge on any atom is 0.316 e. The smallest absolute Gasteiger partial charge is 0.316 e. The van der Waals surface area contributed by atoms with Crippen molar-refractivity contribution in [2.75, 3.05) is 0 Å². The first-order valence-electron chi connectivity index (χ1n) is 9.44. The van der Waals surface area contributed by atoms with E-state index in [2.05, 4.69) is 22.6 Å². The van der Waals surface area contributed by atoms with Gasteiger partial charge in [0.15, 0.2) is 0 Å². The molecule has 2 atom stereocenters. The van der Waals surface area contributed by atoms with E-state index in [9.17, 15) is 14.7 Å². The van der Waals surface area contributed by atoms with Gasteiger partial charge in [-0.1, -0.05) is 48.5 Å². The SMILES string of the molecule is O=C(O)C1C2c3ccccc3C(c3ccccc32)C1C(=O)Oc1ccc(I)cc1. The van der Waals surface area contributed by atoms with Crippen LogP contribution in [0.1, 0.15) is 34.1 Å². The van der Waals surface area contributed by atoms with Gasteiger partial charge in [-0.05, 0) is 69.1 Å². The van der Waals surface area contributed by atoms with E-state index in [0.717, 1.165) is 25.8 Å². The summed E-state index contributed by atoms with van der Waals surface area (Å²) in [5.74, 6) is -3.35. The molecule has 29 heavy (non-hydrogen) atoms. The molecule has 5 heteroatoms. The fraction of sp³-hybridized carbons (Fsp3) is 0.167. The lowest BCUT2D eigenvalue weighted by atomic mass is 9.54. The van der Waals surface area contributed by atoms with Crippen molar-refractivity contribution in [1.82, 2.24) is 0 Å². The third-order valence-corrected chi connectivity index (χ3v) is 6.75. The van der Waals surface area contributed by atoms with Crippen molar-refractivity contribution in [3.05, 3.63) is 98.6 Å². The fourth-order valence-corrected chi connectivity index (χ4v) is 5.30. The second-order valence-corrected chi connectivity index (χ2v) is 8.72. The van der Waals surface area contributed by atoms with Crippen molar-refractivity contribution in [1.29, 1.82) is 0 Å². The minimum atomic E-state index is -0.964. The Labute approximate surface area is 181 Å². The second-order valence-electron chi connectivity index (χ2n) is 7.48. The number of esters is 1. The summed E-state index contributed by atoms with van der Waals surface area (Å²) in [6.07, 6.45) is 0. The predicted molar refractivity (Wildman–Crippen MR) is 116 cm³/mol. The first-order valence-corrected chi connectivity index (χ1v) is 10.5. The molecule has 0 amide bonds. The van der Waals surface area contributed by atoms with Crippen molar-refractivity contribution in [2.45, 2.75) is 11.8 Å². The topological polar surface area (TPSA) is 63.6 Å². The second kappa shape index (κ2) is 6.99. The number of ether oxygens (including phenoxy) is 1. The summed E-state index contributed by atoms with van der Waals surface area (Å²) in [6, 6.07) is 22.9. The minimum absolute atomic E-state index is 0.329. The number of carbonyl (C=O) groups excluding carboxylic acids is 1. The zero-order valence-corrected chi connectivity index (χ0v) is 17.4. The van der Waals surface area contributed by atoms with Gasteiger partial charge >= 0.3 is 11.9 Å². The molecule has 4 nitrogen and oxygen atoms in total. The van der Waals surface area contributed by atoms with Gasteiger partial charge in [-0.15, -0.1) is 0 Å². The van der Waals surface area contributed by atoms with Gasteiger partial charge in [-0.25, -0.2) is 0 Å². The number of aliphatic carboxylic acids is 1. The molecule has 2 bridgehead atoms. The van der Waals surface area contributed by atoms with Gasteiger partial charge in [0.2, 0.25) is 0 Å². The average Bonchev–Trinajstić information content (AvgIpc) is 2.74. The highest BCUT2D eigenvalue weighted by Crippen LogP contribution is 2.58. The lowest BCUT2D eigenvalue weighted by molar-refractivity contribution is -0.154. The molecule has 144 valence electrons. The van der Waals surface area contributed by atoms with Crippen molar-refractivity contribution in [2.24, 2.45) is 11.8 Å². The Bertz CT molecular complexity index is 1070. The number of benzene rings is 3. The Morgan fingerprint density at radius 1 is 0.724 bits per heavy atom. The van der Waals surface area contributed by atoms with Crippen LogP contribution < -0.4 is 4.74 Å². The summed E-state index contributed by atoms with van der Waals surface area (Å²) in [7, 11) is 0. The summed E-state index contributed by atoms with van der Waals surface area (Å²) >= 11 is 2.18. The third kappa shape index (κ3) is 2.87. The Morgan fingerprint density at radius 3 is 1.62 bits per heavy atom. The quantitative estimate of drug-likeness (QED) is 0.322. The molecule has 0 fully saturated rings. The number of carbonyl (C=O) groups is 2. The number of hydrogen-bond donors (Lipinski definition) is 1. The molecule has 0 saturated heterocycles. The van der Waals surface area contributed by atoms with Gasteiger partial charge in [0.05, 0.1) is 11.8 Å².